The number of benzene rings is 4. The molecule has 4 aromatic carbocycles. The Morgan fingerprint density at radius 3 is 2.08 bits per heavy atom. The highest BCUT2D eigenvalue weighted by atomic mass is 16.5. The highest BCUT2D eigenvalue weighted by molar-refractivity contribution is 6.14. The number of hydrogen-bond acceptors (Lipinski definition) is 3. The number of para-hydroxylation sites is 3. The summed E-state index contributed by atoms with van der Waals surface area (Å²) in [5.74, 6) is 0.447. The minimum atomic E-state index is -0.776. The van der Waals surface area contributed by atoms with Crippen molar-refractivity contribution < 1.29 is 14.3 Å². The molecular formula is C32H28N2O3. The quantitative estimate of drug-likeness (QED) is 0.325. The minimum absolute atomic E-state index is 0.0879. The fraction of sp³-hybridized carbons (Fsp3) is 0.188. The summed E-state index contributed by atoms with van der Waals surface area (Å²) in [5.41, 5.74) is 3.41. The molecule has 37 heavy (non-hydrogen) atoms. The molecule has 0 spiro atoms. The molecule has 0 N–H and O–H groups in total. The lowest BCUT2D eigenvalue weighted by atomic mass is 9.70. The van der Waals surface area contributed by atoms with Crippen LogP contribution in [0.25, 0.3) is 0 Å². The molecule has 2 aliphatic rings. The maximum Gasteiger partial charge on any atom is 0.271 e. The number of fused-ring (bicyclic) bond motifs is 3. The van der Waals surface area contributed by atoms with Gasteiger partial charge in [-0.15, -0.1) is 0 Å². The third-order valence-electron chi connectivity index (χ3n) is 7.50. The van der Waals surface area contributed by atoms with Crippen molar-refractivity contribution in [1.82, 2.24) is 0 Å². The number of carbonyl (C=O) groups is 2. The molecule has 0 aromatic heterocycles. The summed E-state index contributed by atoms with van der Waals surface area (Å²) >= 11 is 0. The Balaban J connectivity index is 1.53. The monoisotopic (exact) mass is 488 g/mol. The van der Waals surface area contributed by atoms with E-state index in [1.807, 2.05) is 102 Å². The summed E-state index contributed by atoms with van der Waals surface area (Å²) in [6.07, 6.45) is -0.202. The lowest BCUT2D eigenvalue weighted by Gasteiger charge is -2.56. The molecule has 2 amide bonds. The predicted molar refractivity (Wildman–Crippen MR) is 145 cm³/mol. The Labute approximate surface area is 216 Å². The number of amides is 2. The molecule has 0 saturated carbocycles. The van der Waals surface area contributed by atoms with E-state index in [0.717, 1.165) is 22.5 Å². The van der Waals surface area contributed by atoms with E-state index in [9.17, 15) is 9.59 Å². The van der Waals surface area contributed by atoms with Crippen LogP contribution < -0.4 is 14.5 Å². The molecule has 3 atom stereocenters. The van der Waals surface area contributed by atoms with Crippen LogP contribution in [0.5, 0.6) is 5.75 Å². The molecule has 184 valence electrons. The molecule has 1 saturated heterocycles. The van der Waals surface area contributed by atoms with Crippen molar-refractivity contribution in [3.63, 3.8) is 0 Å². The van der Waals surface area contributed by atoms with Gasteiger partial charge in [-0.1, -0.05) is 78.4 Å². The van der Waals surface area contributed by atoms with Gasteiger partial charge in [0.25, 0.3) is 11.8 Å². The normalized spacial score (nSPS) is 22.4. The molecule has 5 heteroatoms. The first-order valence-corrected chi connectivity index (χ1v) is 12.6. The third kappa shape index (κ3) is 3.61. The second kappa shape index (κ2) is 8.93. The van der Waals surface area contributed by atoms with Crippen molar-refractivity contribution in [3.8, 4) is 5.75 Å². The summed E-state index contributed by atoms with van der Waals surface area (Å²) in [7, 11) is 0. The molecule has 5 nitrogen and oxygen atoms in total. The van der Waals surface area contributed by atoms with Gasteiger partial charge < -0.3 is 9.64 Å². The topological polar surface area (TPSA) is 49.9 Å². The molecule has 0 bridgehead atoms. The average molecular weight is 489 g/mol. The van der Waals surface area contributed by atoms with E-state index in [1.165, 1.54) is 0 Å². The molecule has 0 radical (unpaired) electrons. The second-order valence-corrected chi connectivity index (χ2v) is 9.86. The largest absolute Gasteiger partial charge is 0.478 e. The number of nitrogens with zero attached hydrogens (tertiary/aromatic N) is 2. The molecule has 2 heterocycles. The van der Waals surface area contributed by atoms with Crippen LogP contribution in [0.15, 0.2) is 109 Å². The van der Waals surface area contributed by atoms with Gasteiger partial charge >= 0.3 is 0 Å². The maximum absolute atomic E-state index is 13.9. The van der Waals surface area contributed by atoms with Crippen LogP contribution in [-0.2, 0) is 10.3 Å². The highest BCUT2D eigenvalue weighted by Gasteiger charge is 2.66. The van der Waals surface area contributed by atoms with Gasteiger partial charge in [-0.3, -0.25) is 14.5 Å². The summed E-state index contributed by atoms with van der Waals surface area (Å²) < 4.78 is 6.42. The van der Waals surface area contributed by atoms with Gasteiger partial charge in [-0.2, -0.15) is 0 Å². The van der Waals surface area contributed by atoms with Gasteiger partial charge in [-0.25, -0.2) is 0 Å². The zero-order valence-electron chi connectivity index (χ0n) is 20.9. The van der Waals surface area contributed by atoms with Crippen LogP contribution in [0.3, 0.4) is 0 Å². The van der Waals surface area contributed by atoms with Gasteiger partial charge in [0.15, 0.2) is 0 Å². The van der Waals surface area contributed by atoms with E-state index in [-0.39, 0.29) is 17.9 Å². The minimum Gasteiger partial charge on any atom is -0.478 e. The Morgan fingerprint density at radius 1 is 0.811 bits per heavy atom. The summed E-state index contributed by atoms with van der Waals surface area (Å²) in [4.78, 5) is 31.5. The average Bonchev–Trinajstić information content (AvgIpc) is 3.03. The number of carbonyl (C=O) groups excluding carboxylic acids is 2. The Kier molecular flexibility index (Phi) is 5.56. The first-order chi connectivity index (χ1) is 18.0. The lowest BCUT2D eigenvalue weighted by molar-refractivity contribution is -0.142. The van der Waals surface area contributed by atoms with Crippen LogP contribution in [0, 0.1) is 6.92 Å². The number of anilines is 2. The third-order valence-corrected chi connectivity index (χ3v) is 7.50. The number of β-lactam (4-membered cyclic amide) rings is 1. The van der Waals surface area contributed by atoms with E-state index in [2.05, 4.69) is 31.2 Å². The molecule has 3 unspecified atom stereocenters. The first kappa shape index (κ1) is 23.0. The molecule has 1 fully saturated rings. The smallest absolute Gasteiger partial charge is 0.271 e. The van der Waals surface area contributed by atoms with E-state index < -0.39 is 11.6 Å². The first-order valence-electron chi connectivity index (χ1n) is 12.6. The van der Waals surface area contributed by atoms with Crippen molar-refractivity contribution in [3.05, 3.63) is 126 Å². The molecular weight excluding hydrogens is 460 g/mol. The molecule has 0 aliphatic carbocycles. The number of rotatable bonds is 4. The SMILES string of the molecule is Cc1ccc(C23CC(C)N(C(=O)c4ccccc4)c4ccccc4N2C(=O)C3Oc2ccccc2)cc1. The van der Waals surface area contributed by atoms with Gasteiger partial charge in [0.2, 0.25) is 6.10 Å². The highest BCUT2D eigenvalue weighted by Crippen LogP contribution is 2.54. The van der Waals surface area contributed by atoms with Crippen molar-refractivity contribution in [2.45, 2.75) is 38.0 Å². The van der Waals surface area contributed by atoms with Crippen molar-refractivity contribution in [1.29, 1.82) is 0 Å². The lowest BCUT2D eigenvalue weighted by Crippen LogP contribution is -2.75. The van der Waals surface area contributed by atoms with Crippen LogP contribution in [-0.4, -0.2) is 24.0 Å². The predicted octanol–water partition coefficient (Wildman–Crippen LogP) is 6.12. The van der Waals surface area contributed by atoms with Crippen LogP contribution >= 0.6 is 0 Å². The van der Waals surface area contributed by atoms with Crippen LogP contribution in [0.1, 0.15) is 34.8 Å². The summed E-state index contributed by atoms with van der Waals surface area (Å²) in [6.45, 7) is 4.10. The van der Waals surface area contributed by atoms with Crippen molar-refractivity contribution in [2.75, 3.05) is 9.80 Å². The van der Waals surface area contributed by atoms with Gasteiger partial charge in [-0.05, 0) is 55.8 Å². The van der Waals surface area contributed by atoms with Crippen molar-refractivity contribution >= 4 is 23.2 Å². The van der Waals surface area contributed by atoms with Gasteiger partial charge in [0.1, 0.15) is 11.3 Å². The van der Waals surface area contributed by atoms with E-state index >= 15 is 0 Å². The second-order valence-electron chi connectivity index (χ2n) is 9.86. The number of hydrogen-bond donors (Lipinski definition) is 0. The fourth-order valence-corrected chi connectivity index (χ4v) is 5.79. The Hall–Kier alpha value is -4.38. The zero-order chi connectivity index (χ0) is 25.6. The number of ether oxygens (including phenoxy) is 1. The van der Waals surface area contributed by atoms with Crippen LogP contribution in [0.4, 0.5) is 11.4 Å². The van der Waals surface area contributed by atoms with Gasteiger partial charge in [0.05, 0.1) is 11.4 Å². The standard InChI is InChI=1S/C32H28N2O3/c1-22-17-19-25(20-18-22)32-21-23(2)33(30(35)24-11-5-3-6-12-24)27-15-9-10-16-28(27)34(32)31(36)29(32)37-26-13-7-4-8-14-26/h3-20,23,29H,21H2,1-2H3. The summed E-state index contributed by atoms with van der Waals surface area (Å²) in [6, 6.07) is 34.6. The number of aryl methyl sites for hydroxylation is 1. The van der Waals surface area contributed by atoms with E-state index in [4.69, 9.17) is 4.74 Å². The van der Waals surface area contributed by atoms with Gasteiger partial charge in [0, 0.05) is 18.0 Å². The Bertz CT molecular complexity index is 1450. The fourth-order valence-electron chi connectivity index (χ4n) is 5.79. The Morgan fingerprint density at radius 2 is 1.41 bits per heavy atom. The molecule has 6 rings (SSSR count). The van der Waals surface area contributed by atoms with E-state index in [1.54, 1.807) is 0 Å². The molecule has 4 aromatic rings. The zero-order valence-corrected chi connectivity index (χ0v) is 20.9. The van der Waals surface area contributed by atoms with E-state index in [0.29, 0.717) is 17.7 Å². The maximum atomic E-state index is 13.9. The van der Waals surface area contributed by atoms with Crippen LogP contribution in [0.2, 0.25) is 0 Å². The molecule has 2 aliphatic heterocycles. The van der Waals surface area contributed by atoms with Crippen molar-refractivity contribution in [2.24, 2.45) is 0 Å². The summed E-state index contributed by atoms with van der Waals surface area (Å²) in [5, 5.41) is 0.